The van der Waals surface area contributed by atoms with E-state index in [9.17, 15) is 4.53 Å². The zero-order valence-electron chi connectivity index (χ0n) is 8.85. The summed E-state index contributed by atoms with van der Waals surface area (Å²) in [4.78, 5) is 11.1. The Balaban J connectivity index is 2.07. The molecule has 0 saturated heterocycles. The van der Waals surface area contributed by atoms with Crippen LogP contribution in [0.15, 0.2) is 48.7 Å². The highest BCUT2D eigenvalue weighted by molar-refractivity contribution is 5.82. The molecule has 0 aliphatic heterocycles. The first kappa shape index (κ1) is 9.84. The van der Waals surface area contributed by atoms with Gasteiger partial charge in [0.05, 0.1) is 0 Å². The molecule has 0 radical (unpaired) electrons. The molecule has 0 atom stereocenters. The van der Waals surface area contributed by atoms with Crippen molar-refractivity contribution in [1.82, 2.24) is 9.97 Å². The summed E-state index contributed by atoms with van der Waals surface area (Å²) < 4.78 is 11.9. The zero-order chi connectivity index (χ0) is 11.7. The van der Waals surface area contributed by atoms with Gasteiger partial charge in [0.1, 0.15) is 5.65 Å². The van der Waals surface area contributed by atoms with Crippen LogP contribution in [0.1, 0.15) is 0 Å². The van der Waals surface area contributed by atoms with E-state index in [2.05, 4.69) is 14.9 Å². The Kier molecular flexibility index (Phi) is 2.26. The number of benzene rings is 1. The molecule has 3 rings (SSSR count). The minimum atomic E-state index is 0.197. The molecule has 0 fully saturated rings. The normalized spacial score (nSPS) is 10.6. The van der Waals surface area contributed by atoms with Crippen LogP contribution >= 0.6 is 0 Å². The monoisotopic (exact) mass is 228 g/mol. The molecule has 1 aromatic carbocycles. The second-order valence-corrected chi connectivity index (χ2v) is 3.73. The summed E-state index contributed by atoms with van der Waals surface area (Å²) in [5, 5.41) is 1.05. The van der Waals surface area contributed by atoms with Gasteiger partial charge in [0.15, 0.2) is 5.75 Å². The van der Waals surface area contributed by atoms with Crippen molar-refractivity contribution in [3.63, 3.8) is 0 Å². The molecule has 0 unspecified atom stereocenters. The molecule has 0 amide bonds. The van der Waals surface area contributed by atoms with Crippen molar-refractivity contribution in [2.24, 2.45) is 0 Å². The zero-order valence-corrected chi connectivity index (χ0v) is 8.85. The van der Waals surface area contributed by atoms with E-state index in [4.69, 9.17) is 0 Å². The van der Waals surface area contributed by atoms with Crippen LogP contribution in [0.5, 0.6) is 5.75 Å². The fourth-order valence-corrected chi connectivity index (χ4v) is 1.80. The number of nitrogens with one attached hydrogen (secondary N) is 1. The fraction of sp³-hybridized carbons (Fsp3) is 0. The summed E-state index contributed by atoms with van der Waals surface area (Å²) in [6.07, 6.45) is 1.74. The third-order valence-electron chi connectivity index (χ3n) is 2.65. The first-order chi connectivity index (χ1) is 8.36. The predicted molar refractivity (Wildman–Crippen MR) is 63.3 cm³/mol. The highest BCUT2D eigenvalue weighted by Crippen LogP contribution is 2.24. The average molecular weight is 228 g/mol. The lowest BCUT2D eigenvalue weighted by molar-refractivity contribution is -0.00618. The van der Waals surface area contributed by atoms with Crippen molar-refractivity contribution >= 4 is 11.0 Å². The topological polar surface area (TPSA) is 37.9 Å². The van der Waals surface area contributed by atoms with E-state index >= 15 is 0 Å². The van der Waals surface area contributed by atoms with Gasteiger partial charge in [0, 0.05) is 21.8 Å². The second-order valence-electron chi connectivity index (χ2n) is 3.73. The number of hydrogen-bond donors (Lipinski definition) is 1. The lowest BCUT2D eigenvalue weighted by Gasteiger charge is -1.98. The fourth-order valence-electron chi connectivity index (χ4n) is 1.80. The first-order valence-corrected chi connectivity index (χ1v) is 5.19. The summed E-state index contributed by atoms with van der Waals surface area (Å²) in [6, 6.07) is 12.6. The molecule has 0 saturated carbocycles. The Morgan fingerprint density at radius 2 is 1.94 bits per heavy atom. The van der Waals surface area contributed by atoms with Gasteiger partial charge in [0.25, 0.3) is 0 Å². The molecule has 2 heterocycles. The van der Waals surface area contributed by atoms with Crippen LogP contribution < -0.4 is 4.94 Å². The van der Waals surface area contributed by atoms with Gasteiger partial charge in [-0.15, -0.1) is 0 Å². The number of aromatic amines is 1. The van der Waals surface area contributed by atoms with Crippen molar-refractivity contribution in [3.05, 3.63) is 48.7 Å². The summed E-state index contributed by atoms with van der Waals surface area (Å²) in [6.45, 7) is 0. The van der Waals surface area contributed by atoms with E-state index in [-0.39, 0.29) is 5.75 Å². The quantitative estimate of drug-likeness (QED) is 0.729. The van der Waals surface area contributed by atoms with E-state index in [1.54, 1.807) is 30.5 Å². The SMILES string of the molecule is FOc1ccc(-c2cc3cccnc3[nH]2)cc1. The predicted octanol–water partition coefficient (Wildman–Crippen LogP) is 3.49. The Labute approximate surface area is 96.8 Å². The van der Waals surface area contributed by atoms with Gasteiger partial charge in [-0.3, -0.25) is 4.94 Å². The van der Waals surface area contributed by atoms with Crippen LogP contribution in [0, 0.1) is 0 Å². The molecule has 1 N–H and O–H groups in total. The number of rotatable bonds is 2. The third-order valence-corrected chi connectivity index (χ3v) is 2.65. The van der Waals surface area contributed by atoms with Gasteiger partial charge < -0.3 is 4.98 Å². The third kappa shape index (κ3) is 1.73. The van der Waals surface area contributed by atoms with Crippen molar-refractivity contribution < 1.29 is 9.47 Å². The number of pyridine rings is 1. The van der Waals surface area contributed by atoms with E-state index in [0.717, 1.165) is 22.3 Å². The van der Waals surface area contributed by atoms with Crippen LogP contribution in [0.3, 0.4) is 0 Å². The van der Waals surface area contributed by atoms with Gasteiger partial charge in [0.2, 0.25) is 0 Å². The lowest BCUT2D eigenvalue weighted by Crippen LogP contribution is -1.79. The van der Waals surface area contributed by atoms with Crippen molar-refractivity contribution in [3.8, 4) is 17.0 Å². The largest absolute Gasteiger partial charge is 0.339 e. The van der Waals surface area contributed by atoms with Crippen molar-refractivity contribution in [2.75, 3.05) is 0 Å². The molecule has 0 spiro atoms. The van der Waals surface area contributed by atoms with Crippen molar-refractivity contribution in [1.29, 1.82) is 0 Å². The molecule has 0 bridgehead atoms. The second kappa shape index (κ2) is 3.90. The highest BCUT2D eigenvalue weighted by Gasteiger charge is 2.03. The lowest BCUT2D eigenvalue weighted by atomic mass is 10.1. The molecule has 2 aromatic heterocycles. The van der Waals surface area contributed by atoms with Gasteiger partial charge in [-0.25, -0.2) is 4.98 Å². The molecule has 3 aromatic rings. The van der Waals surface area contributed by atoms with E-state index in [0.29, 0.717) is 0 Å². The van der Waals surface area contributed by atoms with E-state index < -0.39 is 0 Å². The molecule has 84 valence electrons. The molecular formula is C13H9FN2O. The van der Waals surface area contributed by atoms with Crippen LogP contribution in [0.25, 0.3) is 22.3 Å². The summed E-state index contributed by atoms with van der Waals surface area (Å²) in [5.74, 6) is 0.197. The smallest absolute Gasteiger partial charge is 0.171 e. The number of nitrogens with zero attached hydrogens (tertiary/aromatic N) is 1. The molecule has 17 heavy (non-hydrogen) atoms. The molecule has 4 heteroatoms. The number of aromatic nitrogens is 2. The number of H-pyrrole nitrogens is 1. The molecule has 0 aliphatic carbocycles. The maximum atomic E-state index is 11.9. The van der Waals surface area contributed by atoms with Crippen LogP contribution in [0.2, 0.25) is 0 Å². The van der Waals surface area contributed by atoms with Crippen LogP contribution in [-0.2, 0) is 0 Å². The van der Waals surface area contributed by atoms with E-state index in [1.165, 1.54) is 0 Å². The summed E-state index contributed by atoms with van der Waals surface area (Å²) in [7, 11) is 0. The Hall–Kier alpha value is -2.36. The van der Waals surface area contributed by atoms with Crippen LogP contribution in [0.4, 0.5) is 4.53 Å². The molecule has 0 aliphatic rings. The first-order valence-electron chi connectivity index (χ1n) is 5.19. The Bertz CT molecular complexity index is 613. The number of fused-ring (bicyclic) bond motifs is 1. The summed E-state index contributed by atoms with van der Waals surface area (Å²) in [5.41, 5.74) is 2.75. The summed E-state index contributed by atoms with van der Waals surface area (Å²) >= 11 is 0. The Morgan fingerprint density at radius 1 is 1.12 bits per heavy atom. The van der Waals surface area contributed by atoms with Gasteiger partial charge in [-0.2, -0.15) is 0 Å². The van der Waals surface area contributed by atoms with Gasteiger partial charge >= 0.3 is 0 Å². The Morgan fingerprint density at radius 3 is 2.65 bits per heavy atom. The molecule has 3 nitrogen and oxygen atoms in total. The average Bonchev–Trinajstić information content (AvgIpc) is 2.82. The minimum Gasteiger partial charge on any atom is -0.339 e. The van der Waals surface area contributed by atoms with Gasteiger partial charge in [-0.1, -0.05) is 0 Å². The standard InChI is InChI=1S/C13H9FN2O/c14-17-11-5-3-9(4-6-11)12-8-10-2-1-7-15-13(10)16-12/h1-8H,(H,15,16). The van der Waals surface area contributed by atoms with Gasteiger partial charge in [-0.05, 0) is 48.0 Å². The maximum Gasteiger partial charge on any atom is 0.171 e. The maximum absolute atomic E-state index is 11.9. The van der Waals surface area contributed by atoms with E-state index in [1.807, 2.05) is 18.2 Å². The highest BCUT2D eigenvalue weighted by atomic mass is 19.3. The number of hydrogen-bond acceptors (Lipinski definition) is 2. The minimum absolute atomic E-state index is 0.197. The molecular weight excluding hydrogens is 219 g/mol. The van der Waals surface area contributed by atoms with Crippen molar-refractivity contribution in [2.45, 2.75) is 0 Å². The number of halogens is 1. The van der Waals surface area contributed by atoms with Crippen LogP contribution in [-0.4, -0.2) is 9.97 Å².